The van der Waals surface area contributed by atoms with Gasteiger partial charge in [-0.05, 0) is 54.5 Å². The number of carbonyl (C=O) groups is 2. The lowest BCUT2D eigenvalue weighted by molar-refractivity contribution is 0.100. The van der Waals surface area contributed by atoms with Crippen LogP contribution in [0.3, 0.4) is 0 Å². The van der Waals surface area contributed by atoms with E-state index >= 15 is 0 Å². The van der Waals surface area contributed by atoms with Gasteiger partial charge in [-0.3, -0.25) is 10.1 Å². The minimum Gasteiger partial charge on any atom is -0.497 e. The van der Waals surface area contributed by atoms with Crippen LogP contribution >= 0.6 is 0 Å². The Morgan fingerprint density at radius 2 is 1.88 bits per heavy atom. The zero-order valence-electron chi connectivity index (χ0n) is 19.2. The smallest absolute Gasteiger partial charge is 0.417 e. The van der Waals surface area contributed by atoms with Crippen molar-refractivity contribution >= 4 is 28.9 Å². The Morgan fingerprint density at radius 1 is 1.18 bits per heavy atom. The van der Waals surface area contributed by atoms with Crippen LogP contribution in [0.1, 0.15) is 44.0 Å². The Labute approximate surface area is 192 Å². The van der Waals surface area contributed by atoms with Crippen molar-refractivity contribution in [2.45, 2.75) is 39.7 Å². The van der Waals surface area contributed by atoms with Gasteiger partial charge in [0.25, 0.3) is 5.91 Å². The zero-order valence-corrected chi connectivity index (χ0v) is 19.2. The zero-order chi connectivity index (χ0) is 23.8. The molecule has 0 unspecified atom stereocenters. The molecule has 0 bridgehead atoms. The molecule has 174 valence electrons. The van der Waals surface area contributed by atoms with Gasteiger partial charge in [0.15, 0.2) is 0 Å². The lowest BCUT2D eigenvalue weighted by Gasteiger charge is -2.33. The Kier molecular flexibility index (Phi) is 5.88. The Bertz CT molecular complexity index is 1190. The van der Waals surface area contributed by atoms with Crippen LogP contribution < -0.4 is 25.8 Å². The number of nitrogens with one attached hydrogen (secondary N) is 2. The molecule has 9 nitrogen and oxygen atoms in total. The lowest BCUT2D eigenvalue weighted by Crippen LogP contribution is -2.35. The summed E-state index contributed by atoms with van der Waals surface area (Å²) in [6.07, 6.45) is 4.54. The van der Waals surface area contributed by atoms with E-state index in [0.29, 0.717) is 39.9 Å². The number of hydrogen-bond acceptors (Lipinski definition) is 6. The summed E-state index contributed by atoms with van der Waals surface area (Å²) in [5.41, 5.74) is 7.73. The number of nitrogens with zero attached hydrogens (tertiary/aromatic N) is 2. The summed E-state index contributed by atoms with van der Waals surface area (Å²) in [6, 6.07) is 8.59. The number of rotatable bonds is 6. The van der Waals surface area contributed by atoms with Gasteiger partial charge in [0, 0.05) is 6.04 Å². The van der Waals surface area contributed by atoms with Crippen molar-refractivity contribution in [3.63, 3.8) is 0 Å². The van der Waals surface area contributed by atoms with Crippen molar-refractivity contribution < 1.29 is 19.1 Å². The number of hydrogen-bond donors (Lipinski definition) is 3. The number of ether oxygens (including phenoxy) is 2. The topological polar surface area (TPSA) is 120 Å². The molecule has 2 heterocycles. The molecule has 1 aromatic carbocycles. The Morgan fingerprint density at radius 3 is 2.48 bits per heavy atom. The largest absolute Gasteiger partial charge is 0.497 e. The molecule has 33 heavy (non-hydrogen) atoms. The van der Waals surface area contributed by atoms with Gasteiger partial charge in [0.1, 0.15) is 11.5 Å². The third-order valence-corrected chi connectivity index (χ3v) is 6.79. The van der Waals surface area contributed by atoms with E-state index in [1.165, 1.54) is 6.20 Å². The molecule has 2 amide bonds. The van der Waals surface area contributed by atoms with E-state index in [4.69, 9.17) is 15.2 Å². The molecular formula is C24H29N5O4. The third-order valence-electron chi connectivity index (χ3n) is 6.79. The molecular weight excluding hydrogens is 422 g/mol. The fourth-order valence-corrected chi connectivity index (χ4v) is 4.29. The summed E-state index contributed by atoms with van der Waals surface area (Å²) in [7, 11) is 1.56. The van der Waals surface area contributed by atoms with Gasteiger partial charge in [-0.1, -0.05) is 20.8 Å². The maximum Gasteiger partial charge on any atom is 0.417 e. The van der Waals surface area contributed by atoms with Crippen LogP contribution in [0.2, 0.25) is 0 Å². The van der Waals surface area contributed by atoms with Crippen LogP contribution in [-0.2, 0) is 0 Å². The van der Waals surface area contributed by atoms with E-state index in [1.54, 1.807) is 48.2 Å². The number of nitrogens with two attached hydrogens (primary N) is 1. The average molecular weight is 452 g/mol. The highest BCUT2D eigenvalue weighted by molar-refractivity contribution is 6.02. The standard InChI is InChI=1S/C24H29N5O4/c1-14-5-10-20(24(14,2)3)28-21-18(22(25)30)12-26-29-13-15(11-19(21)29)27-23(31)33-17-8-6-16(32-4)7-9-17/h6-9,11-14,20,28H,5,10H2,1-4H3,(H2,25,30)(H,27,31)/t14-,20+/m0/s1. The Hall–Kier alpha value is -3.75. The maximum absolute atomic E-state index is 12.4. The highest BCUT2D eigenvalue weighted by atomic mass is 16.6. The van der Waals surface area contributed by atoms with E-state index in [9.17, 15) is 9.59 Å². The van der Waals surface area contributed by atoms with Crippen LogP contribution in [-0.4, -0.2) is 34.8 Å². The van der Waals surface area contributed by atoms with Crippen molar-refractivity contribution in [2.24, 2.45) is 17.1 Å². The van der Waals surface area contributed by atoms with Crippen molar-refractivity contribution in [1.82, 2.24) is 9.61 Å². The molecule has 1 aliphatic rings. The fraction of sp³-hybridized carbons (Fsp3) is 0.375. The normalized spacial score (nSPS) is 19.3. The lowest BCUT2D eigenvalue weighted by atomic mass is 9.80. The quantitative estimate of drug-likeness (QED) is 0.514. The number of amides is 2. The number of benzene rings is 1. The van der Waals surface area contributed by atoms with Crippen molar-refractivity contribution in [2.75, 3.05) is 17.7 Å². The molecule has 3 aromatic rings. The van der Waals surface area contributed by atoms with E-state index < -0.39 is 12.0 Å². The number of aromatic nitrogens is 2. The SMILES string of the molecule is COc1ccc(OC(=O)Nc2cc3c(N[C@@H]4CC[C@H](C)C4(C)C)c(C(N)=O)cnn3c2)cc1. The van der Waals surface area contributed by atoms with Crippen molar-refractivity contribution in [1.29, 1.82) is 0 Å². The molecule has 1 aliphatic carbocycles. The second-order valence-electron chi connectivity index (χ2n) is 9.04. The average Bonchev–Trinajstić information content (AvgIpc) is 3.29. The van der Waals surface area contributed by atoms with E-state index in [0.717, 1.165) is 12.8 Å². The molecule has 9 heteroatoms. The van der Waals surface area contributed by atoms with Crippen LogP contribution in [0.15, 0.2) is 42.7 Å². The highest BCUT2D eigenvalue weighted by Gasteiger charge is 2.41. The first-order chi connectivity index (χ1) is 15.7. The molecule has 4 N–H and O–H groups in total. The van der Waals surface area contributed by atoms with E-state index in [1.807, 2.05) is 0 Å². The molecule has 0 aliphatic heterocycles. The number of anilines is 2. The molecule has 0 saturated heterocycles. The first-order valence-corrected chi connectivity index (χ1v) is 10.9. The third kappa shape index (κ3) is 4.44. The van der Waals surface area contributed by atoms with Gasteiger partial charge >= 0.3 is 6.09 Å². The fourth-order valence-electron chi connectivity index (χ4n) is 4.29. The van der Waals surface area contributed by atoms with Crippen LogP contribution in [0.4, 0.5) is 16.2 Å². The van der Waals surface area contributed by atoms with E-state index in [-0.39, 0.29) is 11.5 Å². The minimum atomic E-state index is -0.647. The van der Waals surface area contributed by atoms with Crippen molar-refractivity contribution in [3.8, 4) is 11.5 Å². The second kappa shape index (κ2) is 8.65. The maximum atomic E-state index is 12.4. The summed E-state index contributed by atoms with van der Waals surface area (Å²) in [5.74, 6) is 1.02. The molecule has 2 aromatic heterocycles. The van der Waals surface area contributed by atoms with Gasteiger partial charge in [0.2, 0.25) is 0 Å². The Balaban J connectivity index is 1.59. The first kappa shape index (κ1) is 22.4. The summed E-state index contributed by atoms with van der Waals surface area (Å²) in [5, 5.41) is 10.5. The van der Waals surface area contributed by atoms with Crippen molar-refractivity contribution in [3.05, 3.63) is 48.3 Å². The van der Waals surface area contributed by atoms with Crippen LogP contribution in [0.5, 0.6) is 11.5 Å². The van der Waals surface area contributed by atoms with Gasteiger partial charge in [-0.15, -0.1) is 0 Å². The van der Waals surface area contributed by atoms with E-state index in [2.05, 4.69) is 36.5 Å². The summed E-state index contributed by atoms with van der Waals surface area (Å²) >= 11 is 0. The predicted octanol–water partition coefficient (Wildman–Crippen LogP) is 4.29. The number of fused-ring (bicyclic) bond motifs is 1. The summed E-state index contributed by atoms with van der Waals surface area (Å²) < 4.78 is 12.0. The molecule has 0 spiro atoms. The molecule has 4 rings (SSSR count). The van der Waals surface area contributed by atoms with Gasteiger partial charge in [-0.2, -0.15) is 5.10 Å². The van der Waals surface area contributed by atoms with Gasteiger partial charge in [0.05, 0.1) is 42.0 Å². The molecule has 2 atom stereocenters. The number of methoxy groups -OCH3 is 1. The monoisotopic (exact) mass is 451 g/mol. The number of primary amides is 1. The number of carbonyl (C=O) groups excluding carboxylic acids is 2. The summed E-state index contributed by atoms with van der Waals surface area (Å²) in [4.78, 5) is 24.5. The second-order valence-corrected chi connectivity index (χ2v) is 9.04. The molecule has 1 saturated carbocycles. The van der Waals surface area contributed by atoms with Gasteiger partial charge < -0.3 is 20.5 Å². The molecule has 1 fully saturated rings. The highest BCUT2D eigenvalue weighted by Crippen LogP contribution is 2.44. The first-order valence-electron chi connectivity index (χ1n) is 10.9. The van der Waals surface area contributed by atoms with Gasteiger partial charge in [-0.25, -0.2) is 9.31 Å². The van der Waals surface area contributed by atoms with Crippen LogP contribution in [0, 0.1) is 11.3 Å². The minimum absolute atomic E-state index is 0.0466. The van der Waals surface area contributed by atoms with Crippen LogP contribution in [0.25, 0.3) is 5.52 Å². The predicted molar refractivity (Wildman–Crippen MR) is 126 cm³/mol. The summed E-state index contributed by atoms with van der Waals surface area (Å²) in [6.45, 7) is 6.70. The molecule has 0 radical (unpaired) electrons.